The van der Waals surface area contributed by atoms with Crippen LogP contribution in [0.5, 0.6) is 0 Å². The van der Waals surface area contributed by atoms with Crippen molar-refractivity contribution in [3.05, 3.63) is 102 Å². The molecule has 2 aromatic heterocycles. The van der Waals surface area contributed by atoms with E-state index in [1.54, 1.807) is 0 Å². The second-order valence-electron chi connectivity index (χ2n) is 11.6. The number of fused-ring (bicyclic) bond motifs is 8. The van der Waals surface area contributed by atoms with Gasteiger partial charge in [0.1, 0.15) is 5.58 Å². The summed E-state index contributed by atoms with van der Waals surface area (Å²) in [5.41, 5.74) is 10.2. The summed E-state index contributed by atoms with van der Waals surface area (Å²) in [5.74, 6) is 0. The molecule has 185 valence electrons. The Kier molecular flexibility index (Phi) is 5.29. The maximum absolute atomic E-state index is 6.26. The van der Waals surface area contributed by atoms with Crippen LogP contribution in [0.2, 0.25) is 0 Å². The topological polar surface area (TPSA) is 26.0 Å². The van der Waals surface area contributed by atoms with Gasteiger partial charge in [0.25, 0.3) is 0 Å². The number of benzene rings is 4. The Morgan fingerprint density at radius 3 is 2.38 bits per heavy atom. The molecule has 1 aliphatic carbocycles. The van der Waals surface area contributed by atoms with Crippen molar-refractivity contribution in [3.8, 4) is 22.4 Å². The Bertz CT molecular complexity index is 1850. The number of rotatable bonds is 1. The van der Waals surface area contributed by atoms with Gasteiger partial charge in [-0.3, -0.25) is 0 Å². The Morgan fingerprint density at radius 2 is 1.57 bits per heavy atom. The van der Waals surface area contributed by atoms with E-state index in [9.17, 15) is 0 Å². The fourth-order valence-electron chi connectivity index (χ4n) is 6.14. The van der Waals surface area contributed by atoms with E-state index in [-0.39, 0.29) is 30.9 Å². The van der Waals surface area contributed by atoms with Crippen LogP contribution >= 0.6 is 0 Å². The molecule has 0 N–H and O–H groups in total. The van der Waals surface area contributed by atoms with Crippen molar-refractivity contribution in [2.75, 3.05) is 0 Å². The van der Waals surface area contributed by atoms with Crippen molar-refractivity contribution in [2.24, 2.45) is 0 Å². The fraction of sp³-hybridized carbons (Fsp3) is 0.206. The van der Waals surface area contributed by atoms with E-state index in [0.29, 0.717) is 0 Å². The Morgan fingerprint density at radius 1 is 0.784 bits per heavy atom. The standard InChI is InChI=1S/C34H28NO.Ir/c1-33(2,3)22-12-14-24-27-18-21(11-15-28(27)36-29(24)19-22)32-31-26(16-17-35-32)25-13-10-20-8-6-7-9-23(20)30(25)34(31,4)5;/h6-10,12-19H,1-5H3;/q-1;. The van der Waals surface area contributed by atoms with Crippen molar-refractivity contribution < 1.29 is 24.5 Å². The van der Waals surface area contributed by atoms with E-state index in [2.05, 4.69) is 107 Å². The summed E-state index contributed by atoms with van der Waals surface area (Å²) in [6, 6.07) is 29.7. The first-order valence-corrected chi connectivity index (χ1v) is 12.6. The van der Waals surface area contributed by atoms with Crippen molar-refractivity contribution in [2.45, 2.75) is 45.4 Å². The van der Waals surface area contributed by atoms with Gasteiger partial charge in [-0.15, -0.1) is 23.8 Å². The minimum atomic E-state index is -0.183. The second kappa shape index (κ2) is 8.12. The van der Waals surface area contributed by atoms with Gasteiger partial charge in [0, 0.05) is 37.1 Å². The fourth-order valence-corrected chi connectivity index (χ4v) is 6.14. The molecule has 0 bridgehead atoms. The third-order valence-electron chi connectivity index (χ3n) is 7.95. The molecule has 0 aliphatic heterocycles. The summed E-state index contributed by atoms with van der Waals surface area (Å²) >= 11 is 0. The van der Waals surface area contributed by atoms with Crippen molar-refractivity contribution in [1.82, 2.24) is 4.98 Å². The maximum Gasteiger partial charge on any atom is 0.121 e. The van der Waals surface area contributed by atoms with Gasteiger partial charge < -0.3 is 9.40 Å². The molecule has 2 heterocycles. The van der Waals surface area contributed by atoms with E-state index in [0.717, 1.165) is 33.2 Å². The van der Waals surface area contributed by atoms with Gasteiger partial charge in [-0.2, -0.15) is 0 Å². The van der Waals surface area contributed by atoms with Gasteiger partial charge >= 0.3 is 0 Å². The number of furan rings is 1. The van der Waals surface area contributed by atoms with E-state index >= 15 is 0 Å². The van der Waals surface area contributed by atoms with Gasteiger partial charge in [-0.1, -0.05) is 88.5 Å². The summed E-state index contributed by atoms with van der Waals surface area (Å²) in [6.07, 6.45) is 1.94. The van der Waals surface area contributed by atoms with Gasteiger partial charge in [0.15, 0.2) is 0 Å². The summed E-state index contributed by atoms with van der Waals surface area (Å²) in [7, 11) is 0. The van der Waals surface area contributed by atoms with Crippen LogP contribution in [0.4, 0.5) is 0 Å². The molecule has 0 saturated heterocycles. The molecule has 7 rings (SSSR count). The van der Waals surface area contributed by atoms with Gasteiger partial charge in [-0.05, 0) is 61.8 Å². The number of hydrogen-bond acceptors (Lipinski definition) is 2. The average molecular weight is 659 g/mol. The van der Waals surface area contributed by atoms with Gasteiger partial charge in [-0.25, -0.2) is 0 Å². The van der Waals surface area contributed by atoms with Crippen LogP contribution in [-0.4, -0.2) is 4.98 Å². The molecule has 0 unspecified atom stereocenters. The molecule has 0 spiro atoms. The second-order valence-corrected chi connectivity index (χ2v) is 11.6. The van der Waals surface area contributed by atoms with E-state index in [1.165, 1.54) is 38.6 Å². The van der Waals surface area contributed by atoms with Crippen LogP contribution < -0.4 is 0 Å². The van der Waals surface area contributed by atoms with E-state index < -0.39 is 0 Å². The molecule has 3 heteroatoms. The molecule has 37 heavy (non-hydrogen) atoms. The number of pyridine rings is 1. The third-order valence-corrected chi connectivity index (χ3v) is 7.95. The largest absolute Gasteiger partial charge is 0.500 e. The van der Waals surface area contributed by atoms with E-state index in [4.69, 9.17) is 9.40 Å². The zero-order valence-corrected chi connectivity index (χ0v) is 24.1. The first-order valence-electron chi connectivity index (χ1n) is 12.6. The molecular weight excluding hydrogens is 631 g/mol. The van der Waals surface area contributed by atoms with Crippen molar-refractivity contribution in [1.29, 1.82) is 0 Å². The summed E-state index contributed by atoms with van der Waals surface area (Å²) < 4.78 is 6.26. The SMILES string of the molecule is CC(C)(C)c1ccc2c(c1)oc1c[c-]c(-c3nccc4c3C(C)(C)c3c-4ccc4ccccc34)cc12.[Ir]. The zero-order chi connectivity index (χ0) is 24.8. The van der Waals surface area contributed by atoms with Gasteiger partial charge in [0.05, 0.1) is 5.58 Å². The molecular formula is C34H28IrNO-. The predicted octanol–water partition coefficient (Wildman–Crippen LogP) is 9.20. The number of hydrogen-bond donors (Lipinski definition) is 0. The molecule has 2 nitrogen and oxygen atoms in total. The zero-order valence-electron chi connectivity index (χ0n) is 21.7. The van der Waals surface area contributed by atoms with Crippen molar-refractivity contribution >= 4 is 32.7 Å². The van der Waals surface area contributed by atoms with Crippen LogP contribution in [0.15, 0.2) is 83.4 Å². The number of nitrogens with zero attached hydrogens (tertiary/aromatic N) is 1. The normalized spacial score (nSPS) is 14.1. The summed E-state index contributed by atoms with van der Waals surface area (Å²) in [5, 5.41) is 4.84. The van der Waals surface area contributed by atoms with Crippen LogP contribution in [0.3, 0.4) is 0 Å². The molecule has 0 saturated carbocycles. The number of aromatic nitrogens is 1. The summed E-state index contributed by atoms with van der Waals surface area (Å²) in [4.78, 5) is 4.94. The van der Waals surface area contributed by atoms with Crippen molar-refractivity contribution in [3.63, 3.8) is 0 Å². The Hall–Kier alpha value is -3.26. The third kappa shape index (κ3) is 3.45. The molecule has 4 aromatic carbocycles. The maximum atomic E-state index is 6.26. The predicted molar refractivity (Wildman–Crippen MR) is 150 cm³/mol. The minimum Gasteiger partial charge on any atom is -0.500 e. The monoisotopic (exact) mass is 659 g/mol. The molecule has 6 aromatic rings. The molecule has 1 aliphatic rings. The van der Waals surface area contributed by atoms with Crippen LogP contribution in [-0.2, 0) is 30.9 Å². The average Bonchev–Trinajstić information content (AvgIpc) is 3.35. The molecule has 1 radical (unpaired) electrons. The Labute approximate surface area is 231 Å². The smallest absolute Gasteiger partial charge is 0.121 e. The minimum absolute atomic E-state index is 0. The van der Waals surface area contributed by atoms with Gasteiger partial charge in [0.2, 0.25) is 0 Å². The summed E-state index contributed by atoms with van der Waals surface area (Å²) in [6.45, 7) is 11.3. The quantitative estimate of drug-likeness (QED) is 0.165. The van der Waals surface area contributed by atoms with Crippen LogP contribution in [0.1, 0.15) is 51.3 Å². The first-order chi connectivity index (χ1) is 17.2. The van der Waals surface area contributed by atoms with Crippen LogP contribution in [0.25, 0.3) is 55.1 Å². The first kappa shape index (κ1) is 24.1. The molecule has 0 fully saturated rings. The van der Waals surface area contributed by atoms with Crippen LogP contribution in [0, 0.1) is 6.07 Å². The van der Waals surface area contributed by atoms with E-state index in [1.807, 2.05) is 12.3 Å². The Balaban J connectivity index is 0.00000252. The molecule has 0 amide bonds. The molecule has 0 atom stereocenters.